The first-order chi connectivity index (χ1) is 10.5. The minimum atomic E-state index is -0.401. The van der Waals surface area contributed by atoms with Crippen molar-refractivity contribution in [2.24, 2.45) is 4.99 Å². The second-order valence-corrected chi connectivity index (χ2v) is 5.58. The van der Waals surface area contributed by atoms with Crippen LogP contribution in [0.15, 0.2) is 16.1 Å². The van der Waals surface area contributed by atoms with Crippen molar-refractivity contribution in [3.63, 3.8) is 0 Å². The van der Waals surface area contributed by atoms with Crippen LogP contribution in [0.3, 0.4) is 0 Å². The van der Waals surface area contributed by atoms with Crippen molar-refractivity contribution in [1.82, 2.24) is 19.4 Å². The van der Waals surface area contributed by atoms with Crippen molar-refractivity contribution in [1.29, 1.82) is 0 Å². The minimum absolute atomic E-state index is 0.0559. The lowest BCUT2D eigenvalue weighted by Gasteiger charge is -2.18. The van der Waals surface area contributed by atoms with Crippen LogP contribution in [0.2, 0.25) is 0 Å². The van der Waals surface area contributed by atoms with Crippen LogP contribution in [-0.4, -0.2) is 62.8 Å². The second kappa shape index (κ2) is 7.46. The quantitative estimate of drug-likeness (QED) is 0.806. The molecule has 8 nitrogen and oxygen atoms in total. The van der Waals surface area contributed by atoms with E-state index in [0.717, 1.165) is 25.2 Å². The lowest BCUT2D eigenvalue weighted by molar-refractivity contribution is -0.0279. The molecule has 1 aromatic heterocycles. The van der Waals surface area contributed by atoms with Crippen LogP contribution in [0.5, 0.6) is 0 Å². The summed E-state index contributed by atoms with van der Waals surface area (Å²) in [7, 11) is 1.97. The number of aliphatic imine (C=N–C) groups is 1. The lowest BCUT2D eigenvalue weighted by atomic mass is 10.3. The topological polar surface area (TPSA) is 92.8 Å². The fourth-order valence-corrected chi connectivity index (χ4v) is 2.34. The number of nitrogens with zero attached hydrogens (tertiary/aromatic N) is 5. The summed E-state index contributed by atoms with van der Waals surface area (Å²) in [5, 5.41) is 8.96. The number of hydrogen-bond acceptors (Lipinski definition) is 6. The first-order valence-electron chi connectivity index (χ1n) is 7.48. The third kappa shape index (κ3) is 4.35. The van der Waals surface area contributed by atoms with Crippen LogP contribution in [0.25, 0.3) is 0 Å². The number of aromatic nitrogens is 3. The van der Waals surface area contributed by atoms with E-state index < -0.39 is 5.69 Å². The predicted octanol–water partition coefficient (Wildman–Crippen LogP) is 0.180. The van der Waals surface area contributed by atoms with Gasteiger partial charge in [-0.3, -0.25) is 4.57 Å². The Morgan fingerprint density at radius 1 is 1.45 bits per heavy atom. The normalized spacial score (nSPS) is 19.6. The molecule has 1 aliphatic rings. The van der Waals surface area contributed by atoms with E-state index in [1.165, 1.54) is 10.9 Å². The third-order valence-corrected chi connectivity index (χ3v) is 3.49. The molecule has 8 heteroatoms. The summed E-state index contributed by atoms with van der Waals surface area (Å²) in [5.74, 6) is 1.10. The van der Waals surface area contributed by atoms with Gasteiger partial charge in [-0.2, -0.15) is 9.98 Å². The summed E-state index contributed by atoms with van der Waals surface area (Å²) in [5.41, 5.74) is -0.401. The molecule has 0 aromatic carbocycles. The van der Waals surface area contributed by atoms with Gasteiger partial charge < -0.3 is 14.7 Å². The Bertz CT molecular complexity index is 586. The van der Waals surface area contributed by atoms with Gasteiger partial charge in [0.25, 0.3) is 5.95 Å². The van der Waals surface area contributed by atoms with E-state index in [2.05, 4.69) is 15.0 Å². The Hall–Kier alpha value is -1.80. The molecule has 0 bridgehead atoms. The Balaban J connectivity index is 2.05. The average Bonchev–Trinajstić information content (AvgIpc) is 2.87. The molecule has 0 amide bonds. The largest absolute Gasteiger partial charge is 0.394 e. The zero-order valence-corrected chi connectivity index (χ0v) is 13.3. The molecular weight excluding hydrogens is 286 g/mol. The van der Waals surface area contributed by atoms with E-state index in [1.54, 1.807) is 6.92 Å². The molecule has 0 radical (unpaired) electrons. The second-order valence-electron chi connectivity index (χ2n) is 5.58. The van der Waals surface area contributed by atoms with Gasteiger partial charge in [0.05, 0.1) is 25.4 Å². The number of aliphatic hydroxyl groups excluding tert-OH is 1. The first-order valence-corrected chi connectivity index (χ1v) is 7.48. The Kier molecular flexibility index (Phi) is 5.62. The van der Waals surface area contributed by atoms with Crippen LogP contribution >= 0.6 is 0 Å². The fraction of sp³-hybridized carbons (Fsp3) is 0.714. The van der Waals surface area contributed by atoms with Gasteiger partial charge in [0.2, 0.25) is 0 Å². The molecule has 1 aliphatic heterocycles. The monoisotopic (exact) mass is 309 g/mol. The SMILES string of the molecule is C[C@H](Cn1cnc(/N=C2/CCCN2C)nc1=O)O[C@@H](C)CO. The molecule has 0 saturated carbocycles. The van der Waals surface area contributed by atoms with Gasteiger partial charge in [-0.15, -0.1) is 0 Å². The zero-order chi connectivity index (χ0) is 16.1. The van der Waals surface area contributed by atoms with Gasteiger partial charge >= 0.3 is 5.69 Å². The molecule has 0 unspecified atom stereocenters. The molecule has 1 fully saturated rings. The number of amidine groups is 1. The van der Waals surface area contributed by atoms with Crippen LogP contribution in [0.1, 0.15) is 26.7 Å². The van der Waals surface area contributed by atoms with Gasteiger partial charge in [-0.25, -0.2) is 9.78 Å². The van der Waals surface area contributed by atoms with E-state index in [-0.39, 0.29) is 24.8 Å². The number of rotatable bonds is 6. The van der Waals surface area contributed by atoms with E-state index >= 15 is 0 Å². The van der Waals surface area contributed by atoms with E-state index in [1.807, 2.05) is 18.9 Å². The number of ether oxygens (including phenoxy) is 1. The maximum absolute atomic E-state index is 12.0. The summed E-state index contributed by atoms with van der Waals surface area (Å²) in [4.78, 5) is 26.4. The van der Waals surface area contributed by atoms with Crippen LogP contribution < -0.4 is 5.69 Å². The number of aliphatic hydroxyl groups is 1. The van der Waals surface area contributed by atoms with Gasteiger partial charge in [0.15, 0.2) is 0 Å². The standard InChI is InChI=1S/C14H23N5O3/c1-10(22-11(2)8-20)7-19-9-15-13(17-14(19)21)16-12-5-4-6-18(12)3/h9-11,20H,4-8H2,1-3H3/b16-12-/t10-,11+/m1/s1. The smallest absolute Gasteiger partial charge is 0.352 e. The molecule has 1 N–H and O–H groups in total. The van der Waals surface area contributed by atoms with E-state index in [9.17, 15) is 4.79 Å². The van der Waals surface area contributed by atoms with Crippen molar-refractivity contribution in [2.45, 2.75) is 45.4 Å². The highest BCUT2D eigenvalue weighted by molar-refractivity contribution is 5.85. The highest BCUT2D eigenvalue weighted by atomic mass is 16.5. The van der Waals surface area contributed by atoms with Crippen molar-refractivity contribution < 1.29 is 9.84 Å². The van der Waals surface area contributed by atoms with Crippen molar-refractivity contribution in [3.8, 4) is 0 Å². The minimum Gasteiger partial charge on any atom is -0.394 e. The van der Waals surface area contributed by atoms with E-state index in [0.29, 0.717) is 6.54 Å². The van der Waals surface area contributed by atoms with Crippen LogP contribution in [-0.2, 0) is 11.3 Å². The maximum atomic E-state index is 12.0. The zero-order valence-electron chi connectivity index (χ0n) is 13.3. The highest BCUT2D eigenvalue weighted by Gasteiger charge is 2.15. The van der Waals surface area contributed by atoms with E-state index in [4.69, 9.17) is 9.84 Å². The molecule has 2 heterocycles. The number of likely N-dealkylation sites (tertiary alicyclic amines) is 1. The molecule has 122 valence electrons. The van der Waals surface area contributed by atoms with Gasteiger partial charge in [0, 0.05) is 20.0 Å². The Morgan fingerprint density at radius 2 is 2.23 bits per heavy atom. The number of hydrogen-bond donors (Lipinski definition) is 1. The molecule has 2 rings (SSSR count). The predicted molar refractivity (Wildman–Crippen MR) is 82.3 cm³/mol. The average molecular weight is 309 g/mol. The molecule has 22 heavy (non-hydrogen) atoms. The fourth-order valence-electron chi connectivity index (χ4n) is 2.34. The maximum Gasteiger partial charge on any atom is 0.352 e. The van der Waals surface area contributed by atoms with Gasteiger partial charge in [-0.05, 0) is 20.3 Å². The third-order valence-electron chi connectivity index (χ3n) is 3.49. The summed E-state index contributed by atoms with van der Waals surface area (Å²) in [6, 6.07) is 0. The highest BCUT2D eigenvalue weighted by Crippen LogP contribution is 2.12. The molecule has 2 atom stereocenters. The van der Waals surface area contributed by atoms with Crippen LogP contribution in [0.4, 0.5) is 5.95 Å². The first kappa shape index (κ1) is 16.6. The van der Waals surface area contributed by atoms with Crippen molar-refractivity contribution in [3.05, 3.63) is 16.8 Å². The lowest BCUT2D eigenvalue weighted by Crippen LogP contribution is -2.31. The van der Waals surface area contributed by atoms with Gasteiger partial charge in [-0.1, -0.05) is 0 Å². The van der Waals surface area contributed by atoms with Crippen molar-refractivity contribution in [2.75, 3.05) is 20.2 Å². The molecule has 1 aromatic rings. The summed E-state index contributed by atoms with van der Waals surface area (Å²) >= 11 is 0. The molecule has 0 spiro atoms. The molecule has 1 saturated heterocycles. The van der Waals surface area contributed by atoms with Crippen molar-refractivity contribution >= 4 is 11.8 Å². The summed E-state index contributed by atoms with van der Waals surface area (Å²) in [6.07, 6.45) is 2.89. The van der Waals surface area contributed by atoms with Crippen LogP contribution in [0, 0.1) is 0 Å². The molecular formula is C14H23N5O3. The Morgan fingerprint density at radius 3 is 2.82 bits per heavy atom. The summed E-state index contributed by atoms with van der Waals surface area (Å²) < 4.78 is 6.90. The Labute approximate surface area is 129 Å². The summed E-state index contributed by atoms with van der Waals surface area (Å²) in [6.45, 7) is 4.85. The van der Waals surface area contributed by atoms with Gasteiger partial charge in [0.1, 0.15) is 12.2 Å². The molecule has 0 aliphatic carbocycles.